The van der Waals surface area contributed by atoms with Crippen molar-refractivity contribution in [2.24, 2.45) is 0 Å². The van der Waals surface area contributed by atoms with Gasteiger partial charge in [0, 0.05) is 6.04 Å². The molecule has 1 aliphatic carbocycles. The monoisotopic (exact) mass is 287 g/mol. The van der Waals surface area contributed by atoms with Crippen molar-refractivity contribution in [3.8, 4) is 5.75 Å². The van der Waals surface area contributed by atoms with Crippen molar-refractivity contribution in [2.75, 3.05) is 6.54 Å². The van der Waals surface area contributed by atoms with Gasteiger partial charge in [-0.2, -0.15) is 4.98 Å². The molecule has 1 aliphatic rings. The van der Waals surface area contributed by atoms with E-state index >= 15 is 0 Å². The van der Waals surface area contributed by atoms with Gasteiger partial charge in [0.15, 0.2) is 12.4 Å². The molecule has 1 unspecified atom stereocenters. The lowest BCUT2D eigenvalue weighted by atomic mass is 9.87. The standard InChI is InChI=1S/C16H21N3O2/c1-3-17-15-6-4-5-12-7-8-13(9-14(12)15)20-10-16-18-11(2)19-21-16/h7-9,15,17H,3-6,10H2,1-2H3. The second kappa shape index (κ2) is 6.26. The highest BCUT2D eigenvalue weighted by Crippen LogP contribution is 2.32. The summed E-state index contributed by atoms with van der Waals surface area (Å²) in [7, 11) is 0. The fraction of sp³-hybridized carbons (Fsp3) is 0.500. The third-order valence-corrected chi connectivity index (χ3v) is 3.81. The molecule has 1 heterocycles. The van der Waals surface area contributed by atoms with Gasteiger partial charge in [0.1, 0.15) is 5.75 Å². The summed E-state index contributed by atoms with van der Waals surface area (Å²) >= 11 is 0. The van der Waals surface area contributed by atoms with Crippen LogP contribution in [0.25, 0.3) is 0 Å². The summed E-state index contributed by atoms with van der Waals surface area (Å²) < 4.78 is 10.8. The minimum absolute atomic E-state index is 0.311. The van der Waals surface area contributed by atoms with E-state index in [9.17, 15) is 0 Å². The molecular formula is C16H21N3O2. The van der Waals surface area contributed by atoms with Crippen LogP contribution in [-0.4, -0.2) is 16.7 Å². The number of aromatic nitrogens is 2. The van der Waals surface area contributed by atoms with Crippen molar-refractivity contribution in [1.82, 2.24) is 15.5 Å². The van der Waals surface area contributed by atoms with Gasteiger partial charge in [-0.25, -0.2) is 0 Å². The van der Waals surface area contributed by atoms with Crippen LogP contribution in [0.3, 0.4) is 0 Å². The lowest BCUT2D eigenvalue weighted by molar-refractivity contribution is 0.242. The van der Waals surface area contributed by atoms with E-state index in [2.05, 4.69) is 34.5 Å². The van der Waals surface area contributed by atoms with Gasteiger partial charge in [0.05, 0.1) is 0 Å². The summed E-state index contributed by atoms with van der Waals surface area (Å²) in [5.74, 6) is 1.99. The molecule has 0 radical (unpaired) electrons. The molecule has 1 aromatic heterocycles. The molecule has 0 bridgehead atoms. The number of hydrogen-bond donors (Lipinski definition) is 1. The Bertz CT molecular complexity index is 609. The van der Waals surface area contributed by atoms with Gasteiger partial charge in [0.2, 0.25) is 0 Å². The van der Waals surface area contributed by atoms with E-state index in [1.807, 2.05) is 6.07 Å². The Labute approximate surface area is 124 Å². The van der Waals surface area contributed by atoms with E-state index in [1.165, 1.54) is 24.0 Å². The molecule has 0 saturated carbocycles. The Morgan fingerprint density at radius 1 is 1.43 bits per heavy atom. The molecule has 5 heteroatoms. The van der Waals surface area contributed by atoms with Crippen LogP contribution < -0.4 is 10.1 Å². The van der Waals surface area contributed by atoms with Crippen molar-refractivity contribution in [3.63, 3.8) is 0 Å². The van der Waals surface area contributed by atoms with Crippen molar-refractivity contribution < 1.29 is 9.26 Å². The van der Waals surface area contributed by atoms with Crippen LogP contribution >= 0.6 is 0 Å². The van der Waals surface area contributed by atoms with E-state index in [0.717, 1.165) is 18.7 Å². The van der Waals surface area contributed by atoms with Crippen molar-refractivity contribution >= 4 is 0 Å². The lowest BCUT2D eigenvalue weighted by Gasteiger charge is -2.26. The first-order valence-corrected chi connectivity index (χ1v) is 7.54. The molecule has 5 nitrogen and oxygen atoms in total. The lowest BCUT2D eigenvalue weighted by Crippen LogP contribution is -2.24. The maximum absolute atomic E-state index is 5.77. The van der Waals surface area contributed by atoms with E-state index in [0.29, 0.717) is 24.4 Å². The molecular weight excluding hydrogens is 266 g/mol. The van der Waals surface area contributed by atoms with Gasteiger partial charge in [-0.1, -0.05) is 18.1 Å². The zero-order valence-corrected chi connectivity index (χ0v) is 12.6. The highest BCUT2D eigenvalue weighted by atomic mass is 16.5. The molecule has 21 heavy (non-hydrogen) atoms. The summed E-state index contributed by atoms with van der Waals surface area (Å²) in [6.07, 6.45) is 3.58. The molecule has 0 amide bonds. The summed E-state index contributed by atoms with van der Waals surface area (Å²) in [5, 5.41) is 7.31. The second-order valence-corrected chi connectivity index (χ2v) is 5.39. The van der Waals surface area contributed by atoms with Crippen LogP contribution in [0, 0.1) is 6.92 Å². The zero-order valence-electron chi connectivity index (χ0n) is 12.6. The van der Waals surface area contributed by atoms with Crippen LogP contribution in [0.2, 0.25) is 0 Å². The predicted octanol–water partition coefficient (Wildman–Crippen LogP) is 2.94. The van der Waals surface area contributed by atoms with Crippen LogP contribution in [0.15, 0.2) is 22.7 Å². The highest BCUT2D eigenvalue weighted by molar-refractivity contribution is 5.39. The van der Waals surface area contributed by atoms with E-state index < -0.39 is 0 Å². The Hall–Kier alpha value is -1.88. The zero-order chi connectivity index (χ0) is 14.7. The van der Waals surface area contributed by atoms with Crippen LogP contribution in [0.5, 0.6) is 5.75 Å². The third-order valence-electron chi connectivity index (χ3n) is 3.81. The van der Waals surface area contributed by atoms with Crippen LogP contribution in [0.4, 0.5) is 0 Å². The molecule has 3 rings (SSSR count). The normalized spacial score (nSPS) is 17.5. The van der Waals surface area contributed by atoms with E-state index in [4.69, 9.17) is 9.26 Å². The number of aryl methyl sites for hydroxylation is 2. The van der Waals surface area contributed by atoms with Crippen LogP contribution in [0.1, 0.15) is 48.6 Å². The molecule has 1 aromatic carbocycles. The highest BCUT2D eigenvalue weighted by Gasteiger charge is 2.20. The summed E-state index contributed by atoms with van der Waals surface area (Å²) in [6.45, 7) is 5.24. The van der Waals surface area contributed by atoms with Gasteiger partial charge < -0.3 is 14.6 Å². The first kappa shape index (κ1) is 14.1. The van der Waals surface area contributed by atoms with Crippen molar-refractivity contribution in [2.45, 2.75) is 45.8 Å². The smallest absolute Gasteiger partial charge is 0.264 e. The van der Waals surface area contributed by atoms with Gasteiger partial charge in [0.25, 0.3) is 5.89 Å². The molecule has 0 spiro atoms. The SMILES string of the molecule is CCNC1CCCc2ccc(OCc3nc(C)no3)cc21. The maximum atomic E-state index is 5.77. The minimum Gasteiger partial charge on any atom is -0.484 e. The van der Waals surface area contributed by atoms with Crippen molar-refractivity contribution in [1.29, 1.82) is 0 Å². The number of ether oxygens (including phenoxy) is 1. The fourth-order valence-electron chi connectivity index (χ4n) is 2.87. The molecule has 112 valence electrons. The van der Waals surface area contributed by atoms with E-state index in [1.54, 1.807) is 6.92 Å². The topological polar surface area (TPSA) is 60.2 Å². The first-order chi connectivity index (χ1) is 10.3. The Balaban J connectivity index is 1.73. The van der Waals surface area contributed by atoms with Gasteiger partial charge in [-0.15, -0.1) is 0 Å². The van der Waals surface area contributed by atoms with Gasteiger partial charge in [-0.05, 0) is 56.0 Å². The Morgan fingerprint density at radius 3 is 3.10 bits per heavy atom. The third kappa shape index (κ3) is 3.24. The van der Waals surface area contributed by atoms with Gasteiger partial charge in [-0.3, -0.25) is 0 Å². The van der Waals surface area contributed by atoms with E-state index in [-0.39, 0.29) is 0 Å². The Kier molecular flexibility index (Phi) is 4.20. The molecule has 0 saturated heterocycles. The molecule has 1 N–H and O–H groups in total. The van der Waals surface area contributed by atoms with Gasteiger partial charge >= 0.3 is 0 Å². The minimum atomic E-state index is 0.311. The molecule has 0 aliphatic heterocycles. The summed E-state index contributed by atoms with van der Waals surface area (Å²) in [6, 6.07) is 6.78. The molecule has 1 atom stereocenters. The molecule has 0 fully saturated rings. The maximum Gasteiger partial charge on any atom is 0.264 e. The number of hydrogen-bond acceptors (Lipinski definition) is 5. The number of nitrogens with zero attached hydrogens (tertiary/aromatic N) is 2. The Morgan fingerprint density at radius 2 is 2.33 bits per heavy atom. The largest absolute Gasteiger partial charge is 0.484 e. The fourth-order valence-corrected chi connectivity index (χ4v) is 2.87. The average molecular weight is 287 g/mol. The number of benzene rings is 1. The predicted molar refractivity (Wildman–Crippen MR) is 79.2 cm³/mol. The quantitative estimate of drug-likeness (QED) is 0.916. The number of nitrogens with one attached hydrogen (secondary N) is 1. The summed E-state index contributed by atoms with van der Waals surface area (Å²) in [4.78, 5) is 4.14. The van der Waals surface area contributed by atoms with Crippen molar-refractivity contribution in [3.05, 3.63) is 41.0 Å². The number of rotatable bonds is 5. The summed E-state index contributed by atoms with van der Waals surface area (Å²) in [5.41, 5.74) is 2.79. The first-order valence-electron chi connectivity index (χ1n) is 7.54. The average Bonchev–Trinajstić information content (AvgIpc) is 2.91. The molecule has 2 aromatic rings. The van der Waals surface area contributed by atoms with Crippen LogP contribution in [-0.2, 0) is 13.0 Å². The number of fused-ring (bicyclic) bond motifs is 1. The second-order valence-electron chi connectivity index (χ2n) is 5.39.